The maximum Gasteiger partial charge on any atom is -0.0136 e. The maximum atomic E-state index is 4.03. The zero-order valence-corrected chi connectivity index (χ0v) is 12.9. The molecule has 0 aromatic heterocycles. The Morgan fingerprint density at radius 1 is 0.941 bits per heavy atom. The summed E-state index contributed by atoms with van der Waals surface area (Å²) in [5, 5.41) is 0. The molecule has 0 nitrogen and oxygen atoms in total. The molecule has 17 heavy (non-hydrogen) atoms. The first-order valence-electron chi connectivity index (χ1n) is 6.78. The molecule has 0 radical (unpaired) electrons. The smallest absolute Gasteiger partial charge is 0.0136 e. The highest BCUT2D eigenvalue weighted by atomic mass is 79.9. The number of rotatable bonds is 6. The van der Waals surface area contributed by atoms with Gasteiger partial charge in [-0.1, -0.05) is 36.8 Å². The summed E-state index contributed by atoms with van der Waals surface area (Å²) < 4.78 is 0. The Morgan fingerprint density at radius 2 is 1.65 bits per heavy atom. The Morgan fingerprint density at radius 3 is 2.35 bits per heavy atom. The summed E-state index contributed by atoms with van der Waals surface area (Å²) >= 11 is 4.03. The van der Waals surface area contributed by atoms with Crippen LogP contribution in [0.1, 0.15) is 37.7 Å². The summed E-state index contributed by atoms with van der Waals surface area (Å²) in [7, 11) is -0.336. The molecule has 0 N–H and O–H groups in total. The van der Waals surface area contributed by atoms with Gasteiger partial charge in [0.1, 0.15) is 0 Å². The monoisotopic (exact) mass is 314 g/mol. The molecule has 1 aliphatic heterocycles. The number of hydrogen-bond donors (Lipinski definition) is 0. The molecule has 0 saturated carbocycles. The first-order chi connectivity index (χ1) is 8.29. The molecule has 0 spiro atoms. The lowest BCUT2D eigenvalue weighted by Crippen LogP contribution is -1.99. The van der Waals surface area contributed by atoms with E-state index in [0.29, 0.717) is 0 Å². The molecule has 0 atom stereocenters. The molecule has 1 fully saturated rings. The second-order valence-electron chi connectivity index (χ2n) is 5.06. The number of hydrogen-bond acceptors (Lipinski definition) is 0. The average Bonchev–Trinajstić information content (AvgIpc) is 2.77. The summed E-state index contributed by atoms with van der Waals surface area (Å²) in [4.78, 5) is 0. The van der Waals surface area contributed by atoms with Crippen molar-refractivity contribution in [2.75, 3.05) is 17.3 Å². The van der Waals surface area contributed by atoms with E-state index in [9.17, 15) is 0 Å². The fraction of sp³-hybridized carbons (Fsp3) is 0.600. The number of halogens is 1. The molecule has 1 saturated heterocycles. The van der Waals surface area contributed by atoms with Gasteiger partial charge in [-0.05, 0) is 69.7 Å². The van der Waals surface area contributed by atoms with Crippen molar-refractivity contribution >= 4 is 23.3 Å². The van der Waals surface area contributed by atoms with E-state index in [1.54, 1.807) is 0 Å². The van der Waals surface area contributed by atoms with Gasteiger partial charge in [0.25, 0.3) is 0 Å². The Balaban J connectivity index is 1.58. The second kappa shape index (κ2) is 6.84. The summed E-state index contributed by atoms with van der Waals surface area (Å²) in [6.45, 7) is 0. The molecular formula is C15H23BrS. The van der Waals surface area contributed by atoms with Crippen molar-refractivity contribution in [2.45, 2.75) is 38.5 Å². The van der Waals surface area contributed by atoms with Crippen LogP contribution >= 0.6 is 23.3 Å². The Kier molecular flexibility index (Phi) is 5.43. The van der Waals surface area contributed by atoms with E-state index < -0.39 is 0 Å². The van der Waals surface area contributed by atoms with Crippen molar-refractivity contribution in [1.82, 2.24) is 0 Å². The van der Waals surface area contributed by atoms with Crippen molar-refractivity contribution in [1.29, 1.82) is 0 Å². The maximum absolute atomic E-state index is 4.03. The molecule has 2 heteroatoms. The van der Waals surface area contributed by atoms with Crippen molar-refractivity contribution in [3.63, 3.8) is 0 Å². The summed E-state index contributed by atoms with van der Waals surface area (Å²) in [6.07, 6.45) is 8.36. The van der Waals surface area contributed by atoms with Crippen LogP contribution in [0.2, 0.25) is 0 Å². The molecule has 1 aliphatic rings. The summed E-state index contributed by atoms with van der Waals surface area (Å²) in [5.74, 6) is 4.42. The first kappa shape index (κ1) is 13.5. The molecule has 1 aromatic rings. The summed E-state index contributed by atoms with van der Waals surface area (Å²) in [6, 6.07) is 10.9. The van der Waals surface area contributed by atoms with Gasteiger partial charge in [0.2, 0.25) is 0 Å². The minimum Gasteiger partial charge on any atom is -0.183 e. The quantitative estimate of drug-likeness (QED) is 0.624. The van der Waals surface area contributed by atoms with Crippen LogP contribution < -0.4 is 0 Å². The molecule has 0 amide bonds. The van der Waals surface area contributed by atoms with Gasteiger partial charge in [-0.15, -0.1) is 0 Å². The first-order valence-corrected chi connectivity index (χ1v) is 10.8. The zero-order chi connectivity index (χ0) is 12.0. The third-order valence-electron chi connectivity index (χ3n) is 3.59. The average molecular weight is 315 g/mol. The van der Waals surface area contributed by atoms with E-state index in [-0.39, 0.29) is 8.46 Å². The SMILES string of the molecule is BrS1(CCCCCc2ccccc2)CCCC1. The van der Waals surface area contributed by atoms with Crippen molar-refractivity contribution < 1.29 is 0 Å². The largest absolute Gasteiger partial charge is 0.183 e. The van der Waals surface area contributed by atoms with Crippen LogP contribution in [0.4, 0.5) is 0 Å². The Bertz CT molecular complexity index is 317. The lowest BCUT2D eigenvalue weighted by molar-refractivity contribution is 0.721. The van der Waals surface area contributed by atoms with E-state index in [0.717, 1.165) is 0 Å². The zero-order valence-electron chi connectivity index (χ0n) is 10.5. The highest BCUT2D eigenvalue weighted by molar-refractivity contribution is 9.58. The van der Waals surface area contributed by atoms with Crippen LogP contribution in [-0.2, 0) is 6.42 Å². The van der Waals surface area contributed by atoms with Crippen LogP contribution in [0.15, 0.2) is 30.3 Å². The minimum atomic E-state index is -0.336. The molecule has 1 heterocycles. The number of unbranched alkanes of at least 4 members (excludes halogenated alkanes) is 2. The molecule has 1 aromatic carbocycles. The standard InChI is InChI=1S/C15H23BrS/c16-17(13-7-8-14-17)12-6-2-5-11-15-9-3-1-4-10-15/h1,3-4,9-10H,2,5-8,11-14H2. The fourth-order valence-corrected chi connectivity index (χ4v) is 7.38. The van der Waals surface area contributed by atoms with Gasteiger partial charge in [-0.2, -0.15) is 8.46 Å². The lowest BCUT2D eigenvalue weighted by atomic mass is 10.1. The second-order valence-corrected chi connectivity index (χ2v) is 12.3. The molecule has 2 rings (SSSR count). The van der Waals surface area contributed by atoms with Crippen molar-refractivity contribution in [3.8, 4) is 0 Å². The van der Waals surface area contributed by atoms with Crippen LogP contribution in [0.3, 0.4) is 0 Å². The highest BCUT2D eigenvalue weighted by Gasteiger charge is 2.24. The third-order valence-corrected chi connectivity index (χ3v) is 9.56. The van der Waals surface area contributed by atoms with E-state index >= 15 is 0 Å². The van der Waals surface area contributed by atoms with E-state index in [1.165, 1.54) is 61.3 Å². The topological polar surface area (TPSA) is 0 Å². The van der Waals surface area contributed by atoms with Crippen LogP contribution in [0.5, 0.6) is 0 Å². The van der Waals surface area contributed by atoms with Crippen LogP contribution in [0, 0.1) is 0 Å². The molecule has 0 aliphatic carbocycles. The van der Waals surface area contributed by atoms with Crippen LogP contribution in [-0.4, -0.2) is 17.3 Å². The predicted molar refractivity (Wildman–Crippen MR) is 84.4 cm³/mol. The number of aryl methyl sites for hydroxylation is 1. The predicted octanol–water partition coefficient (Wildman–Crippen LogP) is 5.31. The molecular weight excluding hydrogens is 292 g/mol. The van der Waals surface area contributed by atoms with E-state index in [2.05, 4.69) is 45.1 Å². The minimum absolute atomic E-state index is 0.336. The molecule has 96 valence electrons. The Labute approximate surface area is 115 Å². The van der Waals surface area contributed by atoms with Gasteiger partial charge < -0.3 is 0 Å². The molecule has 0 bridgehead atoms. The van der Waals surface area contributed by atoms with E-state index in [4.69, 9.17) is 0 Å². The van der Waals surface area contributed by atoms with Gasteiger partial charge in [0.15, 0.2) is 0 Å². The lowest BCUT2D eigenvalue weighted by Gasteiger charge is -2.27. The van der Waals surface area contributed by atoms with Crippen LogP contribution in [0.25, 0.3) is 0 Å². The highest BCUT2D eigenvalue weighted by Crippen LogP contribution is 2.60. The third kappa shape index (κ3) is 4.67. The van der Waals surface area contributed by atoms with Crippen molar-refractivity contribution in [3.05, 3.63) is 35.9 Å². The normalized spacial score (nSPS) is 20.3. The van der Waals surface area contributed by atoms with Gasteiger partial charge in [-0.3, -0.25) is 0 Å². The Hall–Kier alpha value is 0.0500. The van der Waals surface area contributed by atoms with Gasteiger partial charge in [-0.25, -0.2) is 0 Å². The van der Waals surface area contributed by atoms with Gasteiger partial charge >= 0.3 is 0 Å². The van der Waals surface area contributed by atoms with Crippen molar-refractivity contribution in [2.24, 2.45) is 0 Å². The summed E-state index contributed by atoms with van der Waals surface area (Å²) in [5.41, 5.74) is 1.49. The number of benzene rings is 1. The van der Waals surface area contributed by atoms with Gasteiger partial charge in [0.05, 0.1) is 0 Å². The van der Waals surface area contributed by atoms with Gasteiger partial charge in [0, 0.05) is 0 Å². The van der Waals surface area contributed by atoms with E-state index in [1.807, 2.05) is 0 Å². The fourth-order valence-electron chi connectivity index (χ4n) is 2.54. The molecule has 0 unspecified atom stereocenters.